The summed E-state index contributed by atoms with van der Waals surface area (Å²) in [4.78, 5) is 10.1. The Kier molecular flexibility index (Phi) is 3.94. The largest absolute Gasteiger partial charge is 0.359 e. The lowest BCUT2D eigenvalue weighted by Gasteiger charge is -2.17. The summed E-state index contributed by atoms with van der Waals surface area (Å²) in [5.41, 5.74) is 1.32. The average Bonchev–Trinajstić information content (AvgIpc) is 2.37. The van der Waals surface area contributed by atoms with Crippen molar-refractivity contribution < 1.29 is 0 Å². The van der Waals surface area contributed by atoms with Crippen LogP contribution in [0.3, 0.4) is 0 Å². The fourth-order valence-corrected chi connectivity index (χ4v) is 1.73. The lowest BCUT2D eigenvalue weighted by atomic mass is 10.1. The summed E-state index contributed by atoms with van der Waals surface area (Å²) in [7, 11) is 2.00. The molecule has 0 bridgehead atoms. The van der Waals surface area contributed by atoms with Crippen molar-refractivity contribution in [2.45, 2.75) is 6.42 Å². The molecule has 1 aromatic heterocycles. The van der Waals surface area contributed by atoms with Gasteiger partial charge in [0.05, 0.1) is 0 Å². The fourth-order valence-electron chi connectivity index (χ4n) is 1.59. The van der Waals surface area contributed by atoms with Crippen LogP contribution in [0.5, 0.6) is 0 Å². The van der Waals surface area contributed by atoms with E-state index in [0.29, 0.717) is 5.15 Å². The topological polar surface area (TPSA) is 29.0 Å². The molecule has 1 aromatic carbocycles. The zero-order valence-corrected chi connectivity index (χ0v) is 10.4. The Balaban J connectivity index is 1.96. The maximum Gasteiger partial charge on any atom is 0.134 e. The zero-order valence-electron chi connectivity index (χ0n) is 9.68. The highest BCUT2D eigenvalue weighted by Crippen LogP contribution is 2.13. The quantitative estimate of drug-likeness (QED) is 0.778. The van der Waals surface area contributed by atoms with Crippen LogP contribution in [0.25, 0.3) is 0 Å². The minimum atomic E-state index is 0.474. The summed E-state index contributed by atoms with van der Waals surface area (Å²) in [6.45, 7) is 0.900. The summed E-state index contributed by atoms with van der Waals surface area (Å²) in [6.07, 6.45) is 2.47. The molecule has 0 saturated carbocycles. The van der Waals surface area contributed by atoms with E-state index in [2.05, 4.69) is 39.1 Å². The molecule has 0 unspecified atom stereocenters. The number of halogens is 1. The number of nitrogens with zero attached hydrogens (tertiary/aromatic N) is 3. The van der Waals surface area contributed by atoms with Crippen molar-refractivity contribution in [2.75, 3.05) is 18.5 Å². The minimum absolute atomic E-state index is 0.474. The van der Waals surface area contributed by atoms with Gasteiger partial charge in [-0.3, -0.25) is 0 Å². The van der Waals surface area contributed by atoms with E-state index in [-0.39, 0.29) is 0 Å². The van der Waals surface area contributed by atoms with Crippen LogP contribution in [0.1, 0.15) is 5.56 Å². The Morgan fingerprint density at radius 3 is 2.65 bits per heavy atom. The Bertz CT molecular complexity index is 473. The summed E-state index contributed by atoms with van der Waals surface area (Å²) in [5, 5.41) is 0.474. The van der Waals surface area contributed by atoms with Crippen LogP contribution in [0.2, 0.25) is 5.15 Å². The smallest absolute Gasteiger partial charge is 0.134 e. The summed E-state index contributed by atoms with van der Waals surface area (Å²) in [6, 6.07) is 12.2. The Morgan fingerprint density at radius 1 is 1.18 bits per heavy atom. The number of benzene rings is 1. The Morgan fingerprint density at radius 2 is 1.94 bits per heavy atom. The number of hydrogen-bond acceptors (Lipinski definition) is 3. The first-order valence-electron chi connectivity index (χ1n) is 5.48. The minimum Gasteiger partial charge on any atom is -0.359 e. The van der Waals surface area contributed by atoms with E-state index in [9.17, 15) is 0 Å². The van der Waals surface area contributed by atoms with Crippen LogP contribution in [-0.2, 0) is 6.42 Å². The van der Waals surface area contributed by atoms with Gasteiger partial charge in [-0.1, -0.05) is 41.9 Å². The first-order chi connectivity index (χ1) is 8.25. The maximum atomic E-state index is 5.83. The first kappa shape index (κ1) is 11.9. The third-order valence-corrected chi connectivity index (χ3v) is 2.80. The highest BCUT2D eigenvalue weighted by atomic mass is 35.5. The van der Waals surface area contributed by atoms with E-state index in [1.807, 2.05) is 13.1 Å². The molecule has 0 aliphatic carbocycles. The molecule has 1 heterocycles. The fraction of sp³-hybridized carbons (Fsp3) is 0.231. The van der Waals surface area contributed by atoms with Gasteiger partial charge in [-0.05, 0) is 12.0 Å². The summed E-state index contributed by atoms with van der Waals surface area (Å²) >= 11 is 5.83. The third-order valence-electron chi connectivity index (χ3n) is 2.59. The van der Waals surface area contributed by atoms with Crippen LogP contribution in [0.15, 0.2) is 42.7 Å². The molecule has 0 aliphatic rings. The molecule has 0 aliphatic heterocycles. The van der Waals surface area contributed by atoms with Crippen LogP contribution in [0.4, 0.5) is 5.82 Å². The van der Waals surface area contributed by atoms with E-state index in [0.717, 1.165) is 18.8 Å². The van der Waals surface area contributed by atoms with Gasteiger partial charge in [-0.2, -0.15) is 0 Å². The molecular weight excluding hydrogens is 234 g/mol. The van der Waals surface area contributed by atoms with Gasteiger partial charge in [0.1, 0.15) is 17.3 Å². The number of anilines is 1. The van der Waals surface area contributed by atoms with Crippen molar-refractivity contribution in [3.05, 3.63) is 53.4 Å². The normalized spacial score (nSPS) is 10.2. The van der Waals surface area contributed by atoms with E-state index in [1.165, 1.54) is 11.9 Å². The number of rotatable bonds is 4. The second-order valence-electron chi connectivity index (χ2n) is 3.86. The molecule has 0 spiro atoms. The SMILES string of the molecule is CN(CCc1ccccc1)c1cc(Cl)ncn1. The van der Waals surface area contributed by atoms with Crippen molar-refractivity contribution in [1.29, 1.82) is 0 Å². The van der Waals surface area contributed by atoms with Crippen molar-refractivity contribution in [1.82, 2.24) is 9.97 Å². The molecule has 0 fully saturated rings. The second kappa shape index (κ2) is 5.64. The van der Waals surface area contributed by atoms with Gasteiger partial charge in [0.15, 0.2) is 0 Å². The second-order valence-corrected chi connectivity index (χ2v) is 4.24. The van der Waals surface area contributed by atoms with Gasteiger partial charge in [0.25, 0.3) is 0 Å². The van der Waals surface area contributed by atoms with Crippen LogP contribution >= 0.6 is 11.6 Å². The van der Waals surface area contributed by atoms with Crippen LogP contribution in [0, 0.1) is 0 Å². The molecule has 0 N–H and O–H groups in total. The van der Waals surface area contributed by atoms with E-state index < -0.39 is 0 Å². The van der Waals surface area contributed by atoms with Crippen molar-refractivity contribution >= 4 is 17.4 Å². The lowest BCUT2D eigenvalue weighted by Crippen LogP contribution is -2.21. The lowest BCUT2D eigenvalue weighted by molar-refractivity contribution is 0.856. The standard InChI is InChI=1S/C13H14ClN3/c1-17(13-9-12(14)15-10-16-13)8-7-11-5-3-2-4-6-11/h2-6,9-10H,7-8H2,1H3. The van der Waals surface area contributed by atoms with Gasteiger partial charge >= 0.3 is 0 Å². The number of aromatic nitrogens is 2. The summed E-state index contributed by atoms with van der Waals surface area (Å²) < 4.78 is 0. The Labute approximate surface area is 106 Å². The van der Waals surface area contributed by atoms with Crippen molar-refractivity contribution in [3.8, 4) is 0 Å². The number of likely N-dealkylation sites (N-methyl/N-ethyl adjacent to an activating group) is 1. The molecule has 2 rings (SSSR count). The van der Waals surface area contributed by atoms with Gasteiger partial charge in [-0.15, -0.1) is 0 Å². The molecule has 17 heavy (non-hydrogen) atoms. The van der Waals surface area contributed by atoms with Gasteiger partial charge in [0, 0.05) is 19.7 Å². The van der Waals surface area contributed by atoms with Gasteiger partial charge < -0.3 is 4.90 Å². The van der Waals surface area contributed by atoms with Gasteiger partial charge in [0.2, 0.25) is 0 Å². The highest BCUT2D eigenvalue weighted by Gasteiger charge is 2.03. The maximum absolute atomic E-state index is 5.83. The Hall–Kier alpha value is -1.61. The molecule has 0 radical (unpaired) electrons. The molecule has 0 saturated heterocycles. The molecule has 3 nitrogen and oxygen atoms in total. The van der Waals surface area contributed by atoms with E-state index >= 15 is 0 Å². The third kappa shape index (κ3) is 3.43. The molecule has 0 amide bonds. The predicted molar refractivity (Wildman–Crippen MR) is 70.5 cm³/mol. The average molecular weight is 248 g/mol. The van der Waals surface area contributed by atoms with E-state index in [1.54, 1.807) is 6.07 Å². The monoisotopic (exact) mass is 247 g/mol. The predicted octanol–water partition coefficient (Wildman–Crippen LogP) is 2.81. The van der Waals surface area contributed by atoms with Crippen molar-refractivity contribution in [2.24, 2.45) is 0 Å². The van der Waals surface area contributed by atoms with Crippen molar-refractivity contribution in [3.63, 3.8) is 0 Å². The zero-order chi connectivity index (χ0) is 12.1. The molecule has 4 heteroatoms. The highest BCUT2D eigenvalue weighted by molar-refractivity contribution is 6.29. The molecule has 0 atom stereocenters. The van der Waals surface area contributed by atoms with Crippen LogP contribution in [-0.4, -0.2) is 23.6 Å². The number of hydrogen-bond donors (Lipinski definition) is 0. The van der Waals surface area contributed by atoms with E-state index in [4.69, 9.17) is 11.6 Å². The molecule has 88 valence electrons. The van der Waals surface area contributed by atoms with Gasteiger partial charge in [-0.25, -0.2) is 9.97 Å². The summed E-state index contributed by atoms with van der Waals surface area (Å²) in [5.74, 6) is 0.848. The molecular formula is C13H14ClN3. The first-order valence-corrected chi connectivity index (χ1v) is 5.86. The van der Waals surface area contributed by atoms with Crippen LogP contribution < -0.4 is 4.90 Å². The molecule has 2 aromatic rings.